The van der Waals surface area contributed by atoms with E-state index in [1.54, 1.807) is 12.1 Å². The van der Waals surface area contributed by atoms with E-state index < -0.39 is 43.0 Å². The van der Waals surface area contributed by atoms with Crippen LogP contribution >= 0.6 is 11.6 Å². The van der Waals surface area contributed by atoms with Crippen LogP contribution < -0.4 is 0 Å². The van der Waals surface area contributed by atoms with Gasteiger partial charge in [0.1, 0.15) is 18.3 Å². The van der Waals surface area contributed by atoms with Crippen LogP contribution in [0.25, 0.3) is 0 Å². The lowest BCUT2D eigenvalue weighted by Gasteiger charge is -2.52. The van der Waals surface area contributed by atoms with Crippen molar-refractivity contribution in [3.05, 3.63) is 39.8 Å². The molecule has 1 heterocycles. The van der Waals surface area contributed by atoms with Crippen molar-refractivity contribution < 1.29 is 34.7 Å². The number of aryl methyl sites for hydroxylation is 1. The fourth-order valence-electron chi connectivity index (χ4n) is 3.76. The van der Waals surface area contributed by atoms with Crippen molar-refractivity contribution in [3.8, 4) is 0 Å². The lowest BCUT2D eigenvalue weighted by molar-refractivity contribution is -0.374. The number of halogens is 1. The monoisotopic (exact) mass is 503 g/mol. The number of nitroso groups, excluding NO2 is 1. The zero-order valence-electron chi connectivity index (χ0n) is 19.6. The summed E-state index contributed by atoms with van der Waals surface area (Å²) in [6.07, 6.45) is -5.36. The molecule has 1 saturated heterocycles. The standard InChI is InChI=1S/C22H34ClN3O8/c1-4-5-11-33-20-22(31,19(29)18(28)17(13-27)34-20)25(21(30)26(24-32)10-9-23)12-16-8-6-7-14(2)15(16)3/h6-8,17-20,27-29,31H,4-5,9-13H2,1-3H3/t17-,18+,19+,20+,22+/m1/s1. The SMILES string of the molecule is CCCCO[C@H]1O[C@H](CO)[C@H](O)[C@H](O)[C@@]1(O)N(Cc1cccc(C)c1C)C(=O)N(CCCl)N=O. The van der Waals surface area contributed by atoms with Crippen LogP contribution in [0.2, 0.25) is 0 Å². The van der Waals surface area contributed by atoms with Crippen LogP contribution in [0.1, 0.15) is 36.5 Å². The molecule has 0 spiro atoms. The van der Waals surface area contributed by atoms with E-state index in [1.165, 1.54) is 0 Å². The zero-order chi connectivity index (χ0) is 25.5. The van der Waals surface area contributed by atoms with Gasteiger partial charge in [0.25, 0.3) is 0 Å². The van der Waals surface area contributed by atoms with Gasteiger partial charge in [0.05, 0.1) is 25.0 Å². The number of carbonyl (C=O) groups excluding carboxylic acids is 1. The molecule has 0 bridgehead atoms. The van der Waals surface area contributed by atoms with Crippen molar-refractivity contribution in [1.29, 1.82) is 0 Å². The number of benzene rings is 1. The summed E-state index contributed by atoms with van der Waals surface area (Å²) in [7, 11) is 0. The van der Waals surface area contributed by atoms with Crippen molar-refractivity contribution in [2.24, 2.45) is 5.29 Å². The molecule has 1 aliphatic heterocycles. The molecule has 5 atom stereocenters. The molecule has 0 aromatic heterocycles. The summed E-state index contributed by atoms with van der Waals surface area (Å²) in [5.74, 6) is -0.113. The molecule has 0 radical (unpaired) electrons. The smallest absolute Gasteiger partial charge is 0.345 e. The Morgan fingerprint density at radius 3 is 2.62 bits per heavy atom. The van der Waals surface area contributed by atoms with Crippen LogP contribution in [0.15, 0.2) is 23.5 Å². The summed E-state index contributed by atoms with van der Waals surface area (Å²) in [6.45, 7) is 4.52. The number of urea groups is 1. The molecule has 0 saturated carbocycles. The predicted molar refractivity (Wildman–Crippen MR) is 124 cm³/mol. The predicted octanol–water partition coefficient (Wildman–Crippen LogP) is 1.39. The number of aliphatic hydroxyl groups excluding tert-OH is 3. The number of hydrogen-bond acceptors (Lipinski definition) is 9. The molecule has 192 valence electrons. The van der Waals surface area contributed by atoms with Crippen molar-refractivity contribution >= 4 is 17.6 Å². The summed E-state index contributed by atoms with van der Waals surface area (Å²) in [5.41, 5.74) is -0.298. The molecule has 0 aliphatic carbocycles. The summed E-state index contributed by atoms with van der Waals surface area (Å²) >= 11 is 5.71. The topological polar surface area (TPSA) is 152 Å². The minimum atomic E-state index is -2.64. The number of aliphatic hydroxyl groups is 4. The normalized spacial score (nSPS) is 26.8. The van der Waals surface area contributed by atoms with Crippen molar-refractivity contribution in [1.82, 2.24) is 9.91 Å². The van der Waals surface area contributed by atoms with Crippen LogP contribution in [0.4, 0.5) is 4.79 Å². The molecule has 4 N–H and O–H groups in total. The molecule has 12 heteroatoms. The maximum Gasteiger partial charge on any atom is 0.345 e. The fourth-order valence-corrected chi connectivity index (χ4v) is 3.92. The summed E-state index contributed by atoms with van der Waals surface area (Å²) < 4.78 is 11.3. The highest BCUT2D eigenvalue weighted by molar-refractivity contribution is 6.18. The molecule has 0 unspecified atom stereocenters. The number of unbranched alkanes of at least 4 members (excludes halogenated alkanes) is 1. The Balaban J connectivity index is 2.60. The molecular formula is C22H34ClN3O8. The average Bonchev–Trinajstić information content (AvgIpc) is 2.83. The van der Waals surface area contributed by atoms with E-state index >= 15 is 0 Å². The fraction of sp³-hybridized carbons (Fsp3) is 0.682. The van der Waals surface area contributed by atoms with Crippen LogP contribution in [0, 0.1) is 18.8 Å². The molecule has 2 rings (SSSR count). The third kappa shape index (κ3) is 5.85. The molecule has 34 heavy (non-hydrogen) atoms. The number of nitrogens with zero attached hydrogens (tertiary/aromatic N) is 3. The number of ether oxygens (including phenoxy) is 2. The third-order valence-corrected chi connectivity index (χ3v) is 6.23. The highest BCUT2D eigenvalue weighted by Gasteiger charge is 2.60. The first-order valence-corrected chi connectivity index (χ1v) is 11.7. The Morgan fingerprint density at radius 1 is 1.32 bits per heavy atom. The number of hydrogen-bond donors (Lipinski definition) is 4. The average molecular weight is 504 g/mol. The Morgan fingerprint density at radius 2 is 2.03 bits per heavy atom. The highest BCUT2D eigenvalue weighted by Crippen LogP contribution is 2.36. The van der Waals surface area contributed by atoms with E-state index in [2.05, 4.69) is 5.29 Å². The Hall–Kier alpha value is -1.86. The van der Waals surface area contributed by atoms with Gasteiger partial charge in [0.15, 0.2) is 0 Å². The van der Waals surface area contributed by atoms with E-state index in [0.29, 0.717) is 17.0 Å². The van der Waals surface area contributed by atoms with E-state index in [4.69, 9.17) is 21.1 Å². The van der Waals surface area contributed by atoms with Gasteiger partial charge < -0.3 is 29.9 Å². The third-order valence-electron chi connectivity index (χ3n) is 6.06. The van der Waals surface area contributed by atoms with E-state index in [-0.39, 0.29) is 25.6 Å². The van der Waals surface area contributed by atoms with Gasteiger partial charge in [0, 0.05) is 12.5 Å². The van der Waals surface area contributed by atoms with Gasteiger partial charge in [-0.2, -0.15) is 5.01 Å². The number of carbonyl (C=O) groups is 1. The second-order valence-electron chi connectivity index (χ2n) is 8.25. The molecule has 1 aromatic rings. The van der Waals surface area contributed by atoms with Gasteiger partial charge in [-0.05, 0) is 37.0 Å². The summed E-state index contributed by atoms with van der Waals surface area (Å²) in [5, 5.41) is 46.2. The highest BCUT2D eigenvalue weighted by atomic mass is 35.5. The first kappa shape index (κ1) is 28.4. The van der Waals surface area contributed by atoms with Gasteiger partial charge in [-0.15, -0.1) is 16.5 Å². The molecule has 1 aliphatic rings. The second-order valence-corrected chi connectivity index (χ2v) is 8.63. The van der Waals surface area contributed by atoms with Crippen LogP contribution in [-0.4, -0.2) is 92.3 Å². The molecule has 11 nitrogen and oxygen atoms in total. The molecule has 1 fully saturated rings. The maximum atomic E-state index is 13.4. The molecule has 1 aromatic carbocycles. The Bertz CT molecular complexity index is 831. The first-order valence-electron chi connectivity index (χ1n) is 11.2. The number of rotatable bonds is 11. The van der Waals surface area contributed by atoms with Crippen LogP contribution in [0.3, 0.4) is 0 Å². The zero-order valence-corrected chi connectivity index (χ0v) is 20.4. The largest absolute Gasteiger partial charge is 0.394 e. The van der Waals surface area contributed by atoms with Gasteiger partial charge in [0.2, 0.25) is 12.0 Å². The van der Waals surface area contributed by atoms with Crippen molar-refractivity contribution in [3.63, 3.8) is 0 Å². The Kier molecular flexibility index (Phi) is 10.6. The van der Waals surface area contributed by atoms with Gasteiger partial charge in [-0.25, -0.2) is 4.79 Å². The summed E-state index contributed by atoms with van der Waals surface area (Å²) in [4.78, 5) is 25.6. The maximum absolute atomic E-state index is 13.4. The van der Waals surface area contributed by atoms with Crippen molar-refractivity contribution in [2.45, 2.75) is 70.5 Å². The minimum absolute atomic E-state index is 0.104. The number of alkyl halides is 1. The van der Waals surface area contributed by atoms with E-state index in [0.717, 1.165) is 22.4 Å². The first-order chi connectivity index (χ1) is 16.2. The lowest BCUT2D eigenvalue weighted by atomic mass is 9.91. The van der Waals surface area contributed by atoms with Crippen molar-refractivity contribution in [2.75, 3.05) is 25.6 Å². The number of amides is 2. The molecular weight excluding hydrogens is 470 g/mol. The van der Waals surface area contributed by atoms with Crippen LogP contribution in [0.5, 0.6) is 0 Å². The Labute approximate surface area is 203 Å². The van der Waals surface area contributed by atoms with Gasteiger partial charge in [-0.3, -0.25) is 4.90 Å². The van der Waals surface area contributed by atoms with Crippen LogP contribution in [-0.2, 0) is 16.0 Å². The van der Waals surface area contributed by atoms with E-state index in [1.807, 2.05) is 26.8 Å². The van der Waals surface area contributed by atoms with Gasteiger partial charge in [-0.1, -0.05) is 31.5 Å². The second kappa shape index (κ2) is 12.7. The minimum Gasteiger partial charge on any atom is -0.394 e. The van der Waals surface area contributed by atoms with E-state index in [9.17, 15) is 30.1 Å². The molecule has 2 amide bonds. The summed E-state index contributed by atoms with van der Waals surface area (Å²) in [6, 6.07) is 4.29. The quantitative estimate of drug-likeness (QED) is 0.116. The van der Waals surface area contributed by atoms with Gasteiger partial charge >= 0.3 is 6.03 Å². The lowest BCUT2D eigenvalue weighted by Crippen LogP contribution is -2.75.